The molecule has 0 amide bonds. The molecule has 3 heteroatoms. The van der Waals surface area contributed by atoms with E-state index in [1.54, 1.807) is 6.07 Å². The number of rotatable bonds is 1. The number of aryl methyl sites for hydroxylation is 1. The van der Waals surface area contributed by atoms with Crippen molar-refractivity contribution >= 4 is 21.7 Å². The van der Waals surface area contributed by atoms with Gasteiger partial charge in [-0.15, -0.1) is 0 Å². The van der Waals surface area contributed by atoms with E-state index in [9.17, 15) is 4.39 Å². The number of fused-ring (bicyclic) bond motifs is 1. The Morgan fingerprint density at radius 3 is 2.76 bits per heavy atom. The smallest absolute Gasteiger partial charge is 0.131 e. The topological polar surface area (TPSA) is 22.1 Å². The minimum absolute atomic E-state index is 0.193. The summed E-state index contributed by atoms with van der Waals surface area (Å²) in [5.74, 6) is 0.692. The predicted molar refractivity (Wildman–Crippen MR) is 98.6 cm³/mol. The molecule has 2 nitrogen and oxygen atoms in total. The molecule has 0 unspecified atom stereocenters. The lowest BCUT2D eigenvalue weighted by Gasteiger charge is -2.20. The first-order chi connectivity index (χ1) is 12.2. The molecule has 0 fully saturated rings. The molecule has 1 aromatic heterocycles. The number of ether oxygens (including phenoxy) is 1. The van der Waals surface area contributed by atoms with E-state index in [4.69, 9.17) is 4.74 Å². The molecule has 0 aliphatic carbocycles. The largest absolute Gasteiger partial charge is 0.493 e. The summed E-state index contributed by atoms with van der Waals surface area (Å²) in [6, 6.07) is 15.4. The zero-order valence-corrected chi connectivity index (χ0v) is 13.8. The van der Waals surface area contributed by atoms with Crippen LogP contribution < -0.4 is 4.74 Å². The fourth-order valence-electron chi connectivity index (χ4n) is 3.78. The molecule has 1 aliphatic heterocycles. The van der Waals surface area contributed by atoms with Gasteiger partial charge in [0.25, 0.3) is 0 Å². The molecule has 1 aliphatic rings. The Labute approximate surface area is 144 Å². The Morgan fingerprint density at radius 1 is 0.960 bits per heavy atom. The third-order valence-corrected chi connectivity index (χ3v) is 4.98. The van der Waals surface area contributed by atoms with Gasteiger partial charge in [0.1, 0.15) is 11.6 Å². The normalized spacial score (nSPS) is 13.2. The van der Waals surface area contributed by atoms with Crippen LogP contribution in [0.2, 0.25) is 0 Å². The molecule has 3 aromatic carbocycles. The van der Waals surface area contributed by atoms with Gasteiger partial charge in [0.2, 0.25) is 0 Å². The maximum atomic E-state index is 14.3. The number of aromatic nitrogens is 1. The summed E-state index contributed by atoms with van der Waals surface area (Å²) in [4.78, 5) is 4.63. The lowest BCUT2D eigenvalue weighted by molar-refractivity contribution is 0.318. The molecule has 0 atom stereocenters. The highest BCUT2D eigenvalue weighted by molar-refractivity contribution is 6.06. The Kier molecular flexibility index (Phi) is 3.04. The quantitative estimate of drug-likeness (QED) is 0.464. The molecule has 0 spiro atoms. The zero-order chi connectivity index (χ0) is 17.0. The van der Waals surface area contributed by atoms with Crippen molar-refractivity contribution in [3.63, 3.8) is 0 Å². The van der Waals surface area contributed by atoms with Crippen molar-refractivity contribution in [2.24, 2.45) is 0 Å². The standard InChI is InChI=1S/C22H16FNO/c1-13-2-3-16-15(4-6-19(23)18(16)12-13)17-5-7-20-21-14(9-11-25-20)8-10-24-22(17)21/h2-8,10,12H,9,11H2,1H3. The molecule has 0 saturated heterocycles. The van der Waals surface area contributed by atoms with E-state index in [0.29, 0.717) is 12.0 Å². The number of hydrogen-bond donors (Lipinski definition) is 0. The second-order valence-corrected chi connectivity index (χ2v) is 6.55. The maximum absolute atomic E-state index is 14.3. The van der Waals surface area contributed by atoms with E-state index in [1.165, 1.54) is 5.56 Å². The summed E-state index contributed by atoms with van der Waals surface area (Å²) in [5.41, 5.74) is 5.24. The Balaban J connectivity index is 1.88. The molecule has 122 valence electrons. The average Bonchev–Trinajstić information content (AvgIpc) is 2.64. The molecular weight excluding hydrogens is 313 g/mol. The maximum Gasteiger partial charge on any atom is 0.131 e. The zero-order valence-electron chi connectivity index (χ0n) is 13.8. The first kappa shape index (κ1) is 14.4. The van der Waals surface area contributed by atoms with E-state index < -0.39 is 0 Å². The fraction of sp³-hybridized carbons (Fsp3) is 0.136. The van der Waals surface area contributed by atoms with Crippen molar-refractivity contribution in [1.29, 1.82) is 0 Å². The average molecular weight is 329 g/mol. The summed E-state index contributed by atoms with van der Waals surface area (Å²) in [5, 5.41) is 2.63. The van der Waals surface area contributed by atoms with E-state index in [2.05, 4.69) is 11.1 Å². The van der Waals surface area contributed by atoms with Gasteiger partial charge in [0, 0.05) is 29.0 Å². The van der Waals surface area contributed by atoms with Gasteiger partial charge in [0.15, 0.2) is 0 Å². The number of pyridine rings is 1. The van der Waals surface area contributed by atoms with Crippen molar-refractivity contribution in [2.75, 3.05) is 6.61 Å². The summed E-state index contributed by atoms with van der Waals surface area (Å²) in [6.45, 7) is 2.68. The fourth-order valence-corrected chi connectivity index (χ4v) is 3.78. The van der Waals surface area contributed by atoms with E-state index in [0.717, 1.165) is 45.1 Å². The van der Waals surface area contributed by atoms with Gasteiger partial charge in [-0.3, -0.25) is 4.98 Å². The van der Waals surface area contributed by atoms with Crippen LogP contribution in [-0.4, -0.2) is 11.6 Å². The van der Waals surface area contributed by atoms with Gasteiger partial charge in [-0.25, -0.2) is 4.39 Å². The van der Waals surface area contributed by atoms with Gasteiger partial charge in [0.05, 0.1) is 12.1 Å². The van der Waals surface area contributed by atoms with Crippen molar-refractivity contribution in [3.8, 4) is 16.9 Å². The van der Waals surface area contributed by atoms with Crippen LogP contribution in [-0.2, 0) is 6.42 Å². The monoisotopic (exact) mass is 329 g/mol. The van der Waals surface area contributed by atoms with Gasteiger partial charge in [-0.2, -0.15) is 0 Å². The van der Waals surface area contributed by atoms with Crippen LogP contribution in [0.4, 0.5) is 4.39 Å². The first-order valence-corrected chi connectivity index (χ1v) is 8.45. The van der Waals surface area contributed by atoms with Crippen molar-refractivity contribution in [2.45, 2.75) is 13.3 Å². The second-order valence-electron chi connectivity index (χ2n) is 6.55. The van der Waals surface area contributed by atoms with Crippen molar-refractivity contribution < 1.29 is 9.13 Å². The summed E-state index contributed by atoms with van der Waals surface area (Å²) < 4.78 is 20.1. The number of nitrogens with zero attached hydrogens (tertiary/aromatic N) is 1. The van der Waals surface area contributed by atoms with E-state index in [1.807, 2.05) is 49.5 Å². The lowest BCUT2D eigenvalue weighted by atomic mass is 9.93. The van der Waals surface area contributed by atoms with Gasteiger partial charge < -0.3 is 4.74 Å². The van der Waals surface area contributed by atoms with Crippen LogP contribution in [0.25, 0.3) is 32.8 Å². The second kappa shape index (κ2) is 5.28. The van der Waals surface area contributed by atoms with E-state index in [-0.39, 0.29) is 5.82 Å². The summed E-state index contributed by atoms with van der Waals surface area (Å²) in [7, 11) is 0. The molecule has 25 heavy (non-hydrogen) atoms. The minimum atomic E-state index is -0.193. The molecule has 2 heterocycles. The van der Waals surface area contributed by atoms with Crippen LogP contribution in [0.5, 0.6) is 5.75 Å². The molecule has 5 rings (SSSR count). The van der Waals surface area contributed by atoms with Crippen molar-refractivity contribution in [3.05, 3.63) is 71.7 Å². The number of hydrogen-bond acceptors (Lipinski definition) is 2. The highest BCUT2D eigenvalue weighted by atomic mass is 19.1. The third kappa shape index (κ3) is 2.12. The molecule has 0 radical (unpaired) electrons. The van der Waals surface area contributed by atoms with Crippen LogP contribution in [0, 0.1) is 12.7 Å². The number of halogens is 1. The Bertz CT molecular complexity index is 1140. The molecule has 0 N–H and O–H groups in total. The van der Waals surface area contributed by atoms with Gasteiger partial charge >= 0.3 is 0 Å². The van der Waals surface area contributed by atoms with Crippen LogP contribution in [0.1, 0.15) is 11.1 Å². The molecule has 0 saturated carbocycles. The number of benzene rings is 3. The predicted octanol–water partition coefficient (Wildman–Crippen LogP) is 5.44. The Hall–Kier alpha value is -2.94. The minimum Gasteiger partial charge on any atom is -0.493 e. The third-order valence-electron chi connectivity index (χ3n) is 4.98. The summed E-state index contributed by atoms with van der Waals surface area (Å²) >= 11 is 0. The van der Waals surface area contributed by atoms with Crippen LogP contribution in [0.3, 0.4) is 0 Å². The Morgan fingerprint density at radius 2 is 1.84 bits per heavy atom. The van der Waals surface area contributed by atoms with Gasteiger partial charge in [-0.1, -0.05) is 23.8 Å². The van der Waals surface area contributed by atoms with Crippen molar-refractivity contribution in [1.82, 2.24) is 4.98 Å². The van der Waals surface area contributed by atoms with Crippen LogP contribution in [0.15, 0.2) is 54.7 Å². The summed E-state index contributed by atoms with van der Waals surface area (Å²) in [6.07, 6.45) is 2.74. The molecular formula is C22H16FNO. The van der Waals surface area contributed by atoms with E-state index >= 15 is 0 Å². The molecule has 0 bridgehead atoms. The first-order valence-electron chi connectivity index (χ1n) is 8.45. The van der Waals surface area contributed by atoms with Crippen LogP contribution >= 0.6 is 0 Å². The van der Waals surface area contributed by atoms with Gasteiger partial charge in [-0.05, 0) is 53.8 Å². The molecule has 4 aromatic rings. The highest BCUT2D eigenvalue weighted by Crippen LogP contribution is 2.40. The SMILES string of the molecule is Cc1ccc2c(-c3ccc4c5c(ccnc35)CCO4)ccc(F)c2c1. The highest BCUT2D eigenvalue weighted by Gasteiger charge is 2.18. The lowest BCUT2D eigenvalue weighted by Crippen LogP contribution is -2.09.